The van der Waals surface area contributed by atoms with Crippen LogP contribution in [0.3, 0.4) is 0 Å². The smallest absolute Gasteiger partial charge is 0.270 e. The van der Waals surface area contributed by atoms with Crippen molar-refractivity contribution in [2.24, 2.45) is 0 Å². The minimum atomic E-state index is -3.30. The van der Waals surface area contributed by atoms with Gasteiger partial charge in [0.25, 0.3) is 10.1 Å². The molecule has 1 heterocycles. The molecule has 0 atom stereocenters. The standard InChI is InChI=1S/C11H20O3S/c1-3-5-10-7-8-14-15(12,13)9-11(10)6-4-2/h3-9H2,1-2H3. The molecule has 0 unspecified atom stereocenters. The molecule has 0 aliphatic carbocycles. The molecule has 0 spiro atoms. The van der Waals surface area contributed by atoms with Gasteiger partial charge in [-0.05, 0) is 19.3 Å². The summed E-state index contributed by atoms with van der Waals surface area (Å²) in [6, 6.07) is 0. The Bertz CT molecular complexity index is 328. The van der Waals surface area contributed by atoms with Gasteiger partial charge in [0, 0.05) is 0 Å². The Morgan fingerprint density at radius 1 is 1.13 bits per heavy atom. The molecule has 0 radical (unpaired) electrons. The van der Waals surface area contributed by atoms with Gasteiger partial charge >= 0.3 is 0 Å². The lowest BCUT2D eigenvalue weighted by Crippen LogP contribution is -2.10. The fourth-order valence-corrected chi connectivity index (χ4v) is 3.18. The SMILES string of the molecule is CCCC1=C(CCC)CS(=O)(=O)OCC1. The van der Waals surface area contributed by atoms with E-state index in [9.17, 15) is 8.42 Å². The van der Waals surface area contributed by atoms with Gasteiger partial charge in [0.05, 0.1) is 12.4 Å². The van der Waals surface area contributed by atoms with E-state index in [-0.39, 0.29) is 5.75 Å². The third kappa shape index (κ3) is 3.95. The van der Waals surface area contributed by atoms with Gasteiger partial charge in [-0.3, -0.25) is 4.18 Å². The first-order chi connectivity index (χ1) is 7.09. The molecule has 0 aromatic rings. The monoisotopic (exact) mass is 232 g/mol. The van der Waals surface area contributed by atoms with E-state index < -0.39 is 10.1 Å². The molecule has 0 N–H and O–H groups in total. The van der Waals surface area contributed by atoms with Crippen molar-refractivity contribution >= 4 is 10.1 Å². The van der Waals surface area contributed by atoms with Crippen LogP contribution in [0.5, 0.6) is 0 Å². The van der Waals surface area contributed by atoms with Crippen molar-refractivity contribution in [3.05, 3.63) is 11.1 Å². The maximum absolute atomic E-state index is 11.4. The quantitative estimate of drug-likeness (QED) is 0.553. The predicted octanol–water partition coefficient (Wildman–Crippen LogP) is 2.63. The molecular formula is C11H20O3S. The fraction of sp³-hybridized carbons (Fsp3) is 0.818. The summed E-state index contributed by atoms with van der Waals surface area (Å²) < 4.78 is 27.8. The molecule has 0 bridgehead atoms. The van der Waals surface area contributed by atoms with Crippen LogP contribution in [0.1, 0.15) is 46.0 Å². The van der Waals surface area contributed by atoms with E-state index in [0.717, 1.165) is 37.7 Å². The van der Waals surface area contributed by atoms with E-state index in [0.29, 0.717) is 6.61 Å². The van der Waals surface area contributed by atoms with Gasteiger partial charge in [-0.25, -0.2) is 0 Å². The van der Waals surface area contributed by atoms with Crippen molar-refractivity contribution in [1.82, 2.24) is 0 Å². The Kier molecular flexibility index (Phi) is 4.80. The van der Waals surface area contributed by atoms with Crippen LogP contribution in [-0.4, -0.2) is 20.8 Å². The Balaban J connectivity index is 2.89. The molecule has 0 aromatic heterocycles. The number of hydrogen-bond donors (Lipinski definition) is 0. The van der Waals surface area contributed by atoms with E-state index in [4.69, 9.17) is 4.18 Å². The number of hydrogen-bond acceptors (Lipinski definition) is 3. The van der Waals surface area contributed by atoms with Gasteiger partial charge in [0.15, 0.2) is 0 Å². The summed E-state index contributed by atoms with van der Waals surface area (Å²) in [5.41, 5.74) is 2.40. The molecule has 0 saturated heterocycles. The van der Waals surface area contributed by atoms with Gasteiger partial charge in [-0.1, -0.05) is 37.8 Å². The van der Waals surface area contributed by atoms with E-state index in [1.807, 2.05) is 0 Å². The van der Waals surface area contributed by atoms with Crippen molar-refractivity contribution in [3.63, 3.8) is 0 Å². The lowest BCUT2D eigenvalue weighted by atomic mass is 9.99. The molecule has 0 fully saturated rings. The van der Waals surface area contributed by atoms with Crippen LogP contribution in [0.4, 0.5) is 0 Å². The Morgan fingerprint density at radius 2 is 1.73 bits per heavy atom. The van der Waals surface area contributed by atoms with Crippen molar-refractivity contribution in [2.45, 2.75) is 46.0 Å². The largest absolute Gasteiger partial charge is 0.271 e. The first-order valence-electron chi connectivity index (χ1n) is 5.66. The second kappa shape index (κ2) is 5.66. The maximum atomic E-state index is 11.4. The van der Waals surface area contributed by atoms with Crippen molar-refractivity contribution in [2.75, 3.05) is 12.4 Å². The minimum absolute atomic E-state index is 0.107. The lowest BCUT2D eigenvalue weighted by Gasteiger charge is -2.09. The molecule has 1 aliphatic heterocycles. The highest BCUT2D eigenvalue weighted by Crippen LogP contribution is 2.24. The van der Waals surface area contributed by atoms with Gasteiger partial charge in [-0.2, -0.15) is 8.42 Å². The van der Waals surface area contributed by atoms with Crippen LogP contribution in [0.25, 0.3) is 0 Å². The predicted molar refractivity (Wildman–Crippen MR) is 61.2 cm³/mol. The summed E-state index contributed by atoms with van der Waals surface area (Å²) in [6.45, 7) is 4.52. The van der Waals surface area contributed by atoms with Crippen LogP contribution in [0, 0.1) is 0 Å². The fourth-order valence-electron chi connectivity index (χ4n) is 1.98. The third-order valence-corrected chi connectivity index (χ3v) is 3.85. The van der Waals surface area contributed by atoms with E-state index >= 15 is 0 Å². The summed E-state index contributed by atoms with van der Waals surface area (Å²) in [4.78, 5) is 0. The Morgan fingerprint density at radius 3 is 2.33 bits per heavy atom. The summed E-state index contributed by atoms with van der Waals surface area (Å²) in [5.74, 6) is 0.107. The van der Waals surface area contributed by atoms with Crippen molar-refractivity contribution in [3.8, 4) is 0 Å². The molecule has 1 rings (SSSR count). The molecule has 3 nitrogen and oxygen atoms in total. The van der Waals surface area contributed by atoms with Crippen LogP contribution >= 0.6 is 0 Å². The van der Waals surface area contributed by atoms with E-state index in [1.54, 1.807) is 0 Å². The molecule has 4 heteroatoms. The molecule has 15 heavy (non-hydrogen) atoms. The summed E-state index contributed by atoms with van der Waals surface area (Å²) >= 11 is 0. The van der Waals surface area contributed by atoms with Crippen molar-refractivity contribution in [1.29, 1.82) is 0 Å². The van der Waals surface area contributed by atoms with Gasteiger partial charge in [0.2, 0.25) is 0 Å². The zero-order valence-electron chi connectivity index (χ0n) is 9.58. The van der Waals surface area contributed by atoms with E-state index in [1.165, 1.54) is 5.57 Å². The normalized spacial score (nSPS) is 21.5. The molecule has 1 aliphatic rings. The molecule has 0 saturated carbocycles. The highest BCUT2D eigenvalue weighted by molar-refractivity contribution is 7.86. The van der Waals surface area contributed by atoms with Crippen LogP contribution in [0.15, 0.2) is 11.1 Å². The number of rotatable bonds is 4. The van der Waals surface area contributed by atoms with Crippen LogP contribution in [0.2, 0.25) is 0 Å². The zero-order valence-corrected chi connectivity index (χ0v) is 10.4. The molecule has 0 aromatic carbocycles. The average molecular weight is 232 g/mol. The highest BCUT2D eigenvalue weighted by Gasteiger charge is 2.20. The molecular weight excluding hydrogens is 212 g/mol. The van der Waals surface area contributed by atoms with Crippen LogP contribution < -0.4 is 0 Å². The van der Waals surface area contributed by atoms with Gasteiger partial charge < -0.3 is 0 Å². The molecule has 88 valence electrons. The average Bonchev–Trinajstić information content (AvgIpc) is 2.27. The van der Waals surface area contributed by atoms with E-state index in [2.05, 4.69) is 13.8 Å². The second-order valence-corrected chi connectivity index (χ2v) is 5.62. The highest BCUT2D eigenvalue weighted by atomic mass is 32.2. The lowest BCUT2D eigenvalue weighted by molar-refractivity contribution is 0.325. The van der Waals surface area contributed by atoms with Crippen LogP contribution in [-0.2, 0) is 14.3 Å². The topological polar surface area (TPSA) is 43.4 Å². The van der Waals surface area contributed by atoms with Gasteiger partial charge in [-0.15, -0.1) is 0 Å². The maximum Gasteiger partial charge on any atom is 0.271 e. The Labute approximate surface area is 92.6 Å². The zero-order chi connectivity index (χ0) is 11.3. The first-order valence-corrected chi connectivity index (χ1v) is 7.23. The second-order valence-electron chi connectivity index (χ2n) is 3.98. The minimum Gasteiger partial charge on any atom is -0.270 e. The summed E-state index contributed by atoms with van der Waals surface area (Å²) in [6.07, 6.45) is 4.75. The summed E-state index contributed by atoms with van der Waals surface area (Å²) in [7, 11) is -3.30. The molecule has 0 amide bonds. The third-order valence-electron chi connectivity index (χ3n) is 2.62. The Hall–Kier alpha value is -0.350. The van der Waals surface area contributed by atoms with Gasteiger partial charge in [0.1, 0.15) is 0 Å². The summed E-state index contributed by atoms with van der Waals surface area (Å²) in [5, 5.41) is 0. The first kappa shape index (κ1) is 12.7. The van der Waals surface area contributed by atoms with Crippen molar-refractivity contribution < 1.29 is 12.6 Å².